The number of aromatic nitrogens is 1. The minimum absolute atomic E-state index is 0.125. The monoisotopic (exact) mass is 445 g/mol. The lowest BCUT2D eigenvalue weighted by molar-refractivity contribution is -0.121. The first kappa shape index (κ1) is 21.3. The molecule has 0 fully saturated rings. The van der Waals surface area contributed by atoms with Crippen molar-refractivity contribution in [3.8, 4) is 0 Å². The maximum atomic E-state index is 12.3. The van der Waals surface area contributed by atoms with Crippen LogP contribution in [0.1, 0.15) is 12.0 Å². The van der Waals surface area contributed by atoms with E-state index in [1.807, 2.05) is 72.9 Å². The van der Waals surface area contributed by atoms with Crippen LogP contribution in [0.2, 0.25) is 0 Å². The van der Waals surface area contributed by atoms with E-state index >= 15 is 0 Å². The second-order valence-electron chi connectivity index (χ2n) is 7.29. The van der Waals surface area contributed by atoms with Gasteiger partial charge in [-0.1, -0.05) is 54.6 Å². The minimum Gasteiger partial charge on any atom is -0.361 e. The molecule has 7 nitrogen and oxygen atoms in total. The summed E-state index contributed by atoms with van der Waals surface area (Å²) in [6.45, 7) is 0.334. The first-order valence-corrected chi connectivity index (χ1v) is 10.7. The third-order valence-corrected chi connectivity index (χ3v) is 5.29. The molecule has 0 atom stereocenters. The average Bonchev–Trinajstić information content (AvgIpc) is 3.21. The Bertz CT molecular complexity index is 1280. The molecule has 32 heavy (non-hydrogen) atoms. The zero-order valence-corrected chi connectivity index (χ0v) is 18.1. The fourth-order valence-corrected chi connectivity index (χ4v) is 3.66. The van der Waals surface area contributed by atoms with Gasteiger partial charge in [0.2, 0.25) is 11.8 Å². The third kappa shape index (κ3) is 5.22. The molecule has 1 aromatic heterocycles. The van der Waals surface area contributed by atoms with Gasteiger partial charge in [-0.2, -0.15) is 0 Å². The van der Waals surface area contributed by atoms with E-state index in [2.05, 4.69) is 26.5 Å². The van der Waals surface area contributed by atoms with E-state index in [0.717, 1.165) is 32.9 Å². The third-order valence-electron chi connectivity index (χ3n) is 5.04. The first-order valence-electron chi connectivity index (χ1n) is 10.3. The molecule has 162 valence electrons. The summed E-state index contributed by atoms with van der Waals surface area (Å²) in [5.74, 6) is -0.340. The molecule has 0 radical (unpaired) electrons. The molecule has 0 aliphatic rings. The second kappa shape index (κ2) is 9.93. The summed E-state index contributed by atoms with van der Waals surface area (Å²) >= 11 is 5.17. The minimum atomic E-state index is -0.215. The number of anilines is 1. The summed E-state index contributed by atoms with van der Waals surface area (Å²) in [5.41, 5.74) is 7.92. The van der Waals surface area contributed by atoms with Gasteiger partial charge in [-0.15, -0.1) is 0 Å². The van der Waals surface area contributed by atoms with Crippen molar-refractivity contribution < 1.29 is 9.59 Å². The van der Waals surface area contributed by atoms with Gasteiger partial charge in [-0.3, -0.25) is 20.4 Å². The van der Waals surface area contributed by atoms with Gasteiger partial charge in [-0.25, -0.2) is 0 Å². The van der Waals surface area contributed by atoms with Crippen LogP contribution in [0.25, 0.3) is 21.7 Å². The largest absolute Gasteiger partial charge is 0.361 e. The number of hydrogen-bond donors (Lipinski definition) is 5. The molecule has 0 spiro atoms. The van der Waals surface area contributed by atoms with E-state index < -0.39 is 0 Å². The molecule has 0 bridgehead atoms. The molecule has 0 aliphatic heterocycles. The second-order valence-corrected chi connectivity index (χ2v) is 7.70. The Labute approximate surface area is 190 Å². The Morgan fingerprint density at radius 1 is 0.844 bits per heavy atom. The van der Waals surface area contributed by atoms with Crippen LogP contribution >= 0.6 is 12.2 Å². The van der Waals surface area contributed by atoms with Crippen molar-refractivity contribution in [2.75, 3.05) is 11.9 Å². The molecule has 3 aromatic carbocycles. The van der Waals surface area contributed by atoms with Crippen molar-refractivity contribution >= 4 is 56.5 Å². The number of hydrogen-bond acceptors (Lipinski definition) is 3. The number of nitrogens with one attached hydrogen (secondary N) is 5. The average molecular weight is 446 g/mol. The first-order chi connectivity index (χ1) is 15.6. The standard InChI is InChI=1S/C24H23N5O2S/c30-22(27-21-11-5-7-16-6-1-2-8-18(16)21)12-13-25-24(32)29-28-23(31)14-17-15-26-20-10-4-3-9-19(17)20/h1-11,15,26H,12-14H2,(H,27,30)(H,28,31)(H2,25,29,32). The molecule has 4 aromatic rings. The van der Waals surface area contributed by atoms with Gasteiger partial charge >= 0.3 is 0 Å². The predicted molar refractivity (Wildman–Crippen MR) is 131 cm³/mol. The highest BCUT2D eigenvalue weighted by Gasteiger charge is 2.09. The lowest BCUT2D eigenvalue weighted by Crippen LogP contribution is -2.47. The molecule has 0 aliphatic carbocycles. The molecular formula is C24H23N5O2S. The van der Waals surface area contributed by atoms with E-state index in [0.29, 0.717) is 6.54 Å². The van der Waals surface area contributed by atoms with Gasteiger partial charge in [0.05, 0.1) is 6.42 Å². The number of aromatic amines is 1. The van der Waals surface area contributed by atoms with Crippen LogP contribution in [0.3, 0.4) is 0 Å². The molecule has 4 rings (SSSR count). The highest BCUT2D eigenvalue weighted by atomic mass is 32.1. The van der Waals surface area contributed by atoms with Crippen molar-refractivity contribution in [3.05, 3.63) is 78.5 Å². The number of H-pyrrole nitrogens is 1. The highest BCUT2D eigenvalue weighted by molar-refractivity contribution is 7.80. The molecule has 2 amide bonds. The van der Waals surface area contributed by atoms with E-state index in [9.17, 15) is 9.59 Å². The SMILES string of the molecule is O=C(Cc1c[nH]c2ccccc12)NNC(=S)NCCC(=O)Nc1cccc2ccccc12. The molecule has 0 unspecified atom stereocenters. The van der Waals surface area contributed by atoms with Crippen LogP contribution < -0.4 is 21.5 Å². The number of hydrazine groups is 1. The van der Waals surface area contributed by atoms with Crippen LogP contribution in [-0.2, 0) is 16.0 Å². The number of thiocarbonyl (C=S) groups is 1. The number of fused-ring (bicyclic) bond motifs is 2. The lowest BCUT2D eigenvalue weighted by atomic mass is 10.1. The number of carbonyl (C=O) groups excluding carboxylic acids is 2. The number of amides is 2. The summed E-state index contributed by atoms with van der Waals surface area (Å²) in [5, 5.41) is 9.17. The summed E-state index contributed by atoms with van der Waals surface area (Å²) in [6.07, 6.45) is 2.27. The Kier molecular flexibility index (Phi) is 6.62. The molecule has 0 saturated heterocycles. The smallest absolute Gasteiger partial charge is 0.242 e. The van der Waals surface area contributed by atoms with E-state index in [1.165, 1.54) is 0 Å². The Morgan fingerprint density at radius 3 is 2.47 bits per heavy atom. The molecule has 0 saturated carbocycles. The lowest BCUT2D eigenvalue weighted by Gasteiger charge is -2.12. The molecule has 8 heteroatoms. The molecular weight excluding hydrogens is 422 g/mol. The van der Waals surface area contributed by atoms with Crippen LogP contribution in [0.4, 0.5) is 5.69 Å². The van der Waals surface area contributed by atoms with E-state index in [-0.39, 0.29) is 29.8 Å². The Hall–Kier alpha value is -3.91. The highest BCUT2D eigenvalue weighted by Crippen LogP contribution is 2.23. The van der Waals surface area contributed by atoms with E-state index in [1.54, 1.807) is 0 Å². The Balaban J connectivity index is 1.19. The topological polar surface area (TPSA) is 98.1 Å². The van der Waals surface area contributed by atoms with Crippen molar-refractivity contribution in [2.45, 2.75) is 12.8 Å². The van der Waals surface area contributed by atoms with Gasteiger partial charge in [0.15, 0.2) is 5.11 Å². The van der Waals surface area contributed by atoms with Crippen molar-refractivity contribution in [2.24, 2.45) is 0 Å². The molecule has 5 N–H and O–H groups in total. The van der Waals surface area contributed by atoms with Crippen LogP contribution in [0.15, 0.2) is 72.9 Å². The maximum absolute atomic E-state index is 12.3. The van der Waals surface area contributed by atoms with Crippen molar-refractivity contribution in [1.29, 1.82) is 0 Å². The zero-order valence-electron chi connectivity index (χ0n) is 17.3. The zero-order chi connectivity index (χ0) is 22.3. The summed E-state index contributed by atoms with van der Waals surface area (Å²) in [7, 11) is 0. The van der Waals surface area contributed by atoms with Gasteiger partial charge < -0.3 is 15.6 Å². The summed E-state index contributed by atoms with van der Waals surface area (Å²) < 4.78 is 0. The van der Waals surface area contributed by atoms with Gasteiger partial charge in [0.1, 0.15) is 0 Å². The number of benzene rings is 3. The number of carbonyl (C=O) groups is 2. The van der Waals surface area contributed by atoms with Gasteiger partial charge in [0.25, 0.3) is 0 Å². The summed E-state index contributed by atoms with van der Waals surface area (Å²) in [6, 6.07) is 21.5. The summed E-state index contributed by atoms with van der Waals surface area (Å²) in [4.78, 5) is 27.7. The Morgan fingerprint density at radius 2 is 1.59 bits per heavy atom. The normalized spacial score (nSPS) is 10.6. The molecule has 1 heterocycles. The van der Waals surface area contributed by atoms with Gasteiger partial charge in [-0.05, 0) is 35.3 Å². The van der Waals surface area contributed by atoms with E-state index in [4.69, 9.17) is 12.2 Å². The fourth-order valence-electron chi connectivity index (χ4n) is 3.50. The fraction of sp³-hybridized carbons (Fsp3) is 0.125. The van der Waals surface area contributed by atoms with Crippen molar-refractivity contribution in [1.82, 2.24) is 21.2 Å². The quantitative estimate of drug-likeness (QED) is 0.232. The van der Waals surface area contributed by atoms with Crippen LogP contribution in [-0.4, -0.2) is 28.5 Å². The maximum Gasteiger partial charge on any atom is 0.242 e. The van der Waals surface area contributed by atoms with Gasteiger partial charge in [0, 0.05) is 41.1 Å². The van der Waals surface area contributed by atoms with Crippen molar-refractivity contribution in [3.63, 3.8) is 0 Å². The number of para-hydroxylation sites is 1. The van der Waals surface area contributed by atoms with Crippen LogP contribution in [0, 0.1) is 0 Å². The number of rotatable bonds is 6. The predicted octanol–water partition coefficient (Wildman–Crippen LogP) is 3.39. The van der Waals surface area contributed by atoms with Crippen LogP contribution in [0.5, 0.6) is 0 Å².